The van der Waals surface area contributed by atoms with E-state index >= 15 is 0 Å². The normalized spacial score (nSPS) is 10.7. The van der Waals surface area contributed by atoms with E-state index in [4.69, 9.17) is 16.3 Å². The SMILES string of the molecule is CC(C)NCCCOCC(=O)Nc1cccc(Cl)c1. The average Bonchev–Trinajstić information content (AvgIpc) is 2.33. The molecule has 1 rings (SSSR count). The molecule has 1 aromatic carbocycles. The van der Waals surface area contributed by atoms with Crippen molar-refractivity contribution in [3.63, 3.8) is 0 Å². The van der Waals surface area contributed by atoms with Gasteiger partial charge in [-0.2, -0.15) is 0 Å². The molecule has 106 valence electrons. The van der Waals surface area contributed by atoms with Gasteiger partial charge in [-0.1, -0.05) is 31.5 Å². The first-order valence-electron chi connectivity index (χ1n) is 6.44. The number of amides is 1. The van der Waals surface area contributed by atoms with Crippen LogP contribution in [0.1, 0.15) is 20.3 Å². The highest BCUT2D eigenvalue weighted by atomic mass is 35.5. The van der Waals surface area contributed by atoms with Crippen molar-refractivity contribution in [3.05, 3.63) is 29.3 Å². The maximum Gasteiger partial charge on any atom is 0.250 e. The summed E-state index contributed by atoms with van der Waals surface area (Å²) < 4.78 is 5.29. The molecule has 0 radical (unpaired) electrons. The first kappa shape index (κ1) is 16.0. The van der Waals surface area contributed by atoms with Gasteiger partial charge in [-0.3, -0.25) is 4.79 Å². The Morgan fingerprint density at radius 1 is 1.42 bits per heavy atom. The molecule has 0 fully saturated rings. The first-order valence-corrected chi connectivity index (χ1v) is 6.82. The highest BCUT2D eigenvalue weighted by Gasteiger charge is 2.02. The Balaban J connectivity index is 2.11. The lowest BCUT2D eigenvalue weighted by Crippen LogP contribution is -2.25. The predicted octanol–water partition coefficient (Wildman–Crippen LogP) is 2.68. The smallest absolute Gasteiger partial charge is 0.250 e. The van der Waals surface area contributed by atoms with Crippen molar-refractivity contribution in [3.8, 4) is 0 Å². The number of nitrogens with one attached hydrogen (secondary N) is 2. The van der Waals surface area contributed by atoms with Crippen LogP contribution in [-0.2, 0) is 9.53 Å². The molecule has 1 aromatic rings. The van der Waals surface area contributed by atoms with Crippen LogP contribution >= 0.6 is 11.6 Å². The predicted molar refractivity (Wildman–Crippen MR) is 78.7 cm³/mol. The van der Waals surface area contributed by atoms with Crippen LogP contribution in [0.2, 0.25) is 5.02 Å². The van der Waals surface area contributed by atoms with Gasteiger partial charge in [0.15, 0.2) is 0 Å². The van der Waals surface area contributed by atoms with Crippen LogP contribution in [-0.4, -0.2) is 31.7 Å². The third-order valence-electron chi connectivity index (χ3n) is 2.36. The molecule has 1 amide bonds. The summed E-state index contributed by atoms with van der Waals surface area (Å²) in [5.74, 6) is -0.168. The zero-order valence-corrected chi connectivity index (χ0v) is 12.2. The number of hydrogen-bond acceptors (Lipinski definition) is 3. The summed E-state index contributed by atoms with van der Waals surface area (Å²) >= 11 is 5.83. The van der Waals surface area contributed by atoms with Gasteiger partial charge >= 0.3 is 0 Å². The third kappa shape index (κ3) is 7.82. The van der Waals surface area contributed by atoms with Crippen molar-refractivity contribution in [1.82, 2.24) is 5.32 Å². The van der Waals surface area contributed by atoms with Crippen LogP contribution in [0.25, 0.3) is 0 Å². The van der Waals surface area contributed by atoms with Gasteiger partial charge in [0, 0.05) is 23.4 Å². The Kier molecular flexibility index (Phi) is 7.48. The van der Waals surface area contributed by atoms with Gasteiger partial charge in [0.05, 0.1) is 0 Å². The Morgan fingerprint density at radius 3 is 2.89 bits per heavy atom. The first-order chi connectivity index (χ1) is 9.08. The fraction of sp³-hybridized carbons (Fsp3) is 0.500. The minimum absolute atomic E-state index is 0.0637. The highest BCUT2D eigenvalue weighted by molar-refractivity contribution is 6.30. The number of benzene rings is 1. The Labute approximate surface area is 119 Å². The molecule has 0 saturated heterocycles. The van der Waals surface area contributed by atoms with Crippen molar-refractivity contribution in [1.29, 1.82) is 0 Å². The van der Waals surface area contributed by atoms with Crippen molar-refractivity contribution < 1.29 is 9.53 Å². The standard InChI is InChI=1S/C14H21ClN2O2/c1-11(2)16-7-4-8-19-10-14(18)17-13-6-3-5-12(15)9-13/h3,5-6,9,11,16H,4,7-8,10H2,1-2H3,(H,17,18). The Morgan fingerprint density at radius 2 is 2.21 bits per heavy atom. The van der Waals surface area contributed by atoms with E-state index in [9.17, 15) is 4.79 Å². The minimum atomic E-state index is -0.168. The van der Waals surface area contributed by atoms with Gasteiger partial charge in [-0.25, -0.2) is 0 Å². The number of carbonyl (C=O) groups excluding carboxylic acids is 1. The third-order valence-corrected chi connectivity index (χ3v) is 2.59. The monoisotopic (exact) mass is 284 g/mol. The molecule has 2 N–H and O–H groups in total. The molecule has 4 nitrogen and oxygen atoms in total. The summed E-state index contributed by atoms with van der Waals surface area (Å²) in [6.45, 7) is 5.73. The number of anilines is 1. The summed E-state index contributed by atoms with van der Waals surface area (Å²) in [7, 11) is 0. The molecule has 19 heavy (non-hydrogen) atoms. The van der Waals surface area contributed by atoms with E-state index in [2.05, 4.69) is 24.5 Å². The zero-order valence-electron chi connectivity index (χ0n) is 11.4. The fourth-order valence-corrected chi connectivity index (χ4v) is 1.68. The summed E-state index contributed by atoms with van der Waals surface area (Å²) in [6.07, 6.45) is 0.891. The van der Waals surface area contributed by atoms with E-state index in [-0.39, 0.29) is 12.5 Å². The van der Waals surface area contributed by atoms with Gasteiger partial charge in [0.2, 0.25) is 5.91 Å². The van der Waals surface area contributed by atoms with Crippen molar-refractivity contribution in [2.24, 2.45) is 0 Å². The van der Waals surface area contributed by atoms with E-state index in [1.165, 1.54) is 0 Å². The largest absolute Gasteiger partial charge is 0.372 e. The van der Waals surface area contributed by atoms with Crippen molar-refractivity contribution in [2.75, 3.05) is 25.1 Å². The topological polar surface area (TPSA) is 50.4 Å². The summed E-state index contributed by atoms with van der Waals surface area (Å²) in [4.78, 5) is 11.6. The quantitative estimate of drug-likeness (QED) is 0.722. The van der Waals surface area contributed by atoms with Crippen LogP contribution in [0.15, 0.2) is 24.3 Å². The molecular formula is C14H21ClN2O2. The molecular weight excluding hydrogens is 264 g/mol. The number of carbonyl (C=O) groups is 1. The summed E-state index contributed by atoms with van der Waals surface area (Å²) in [5, 5.41) is 6.61. The van der Waals surface area contributed by atoms with Crippen LogP contribution in [0.3, 0.4) is 0 Å². The zero-order chi connectivity index (χ0) is 14.1. The van der Waals surface area contributed by atoms with Crippen LogP contribution in [0.4, 0.5) is 5.69 Å². The van der Waals surface area contributed by atoms with Crippen LogP contribution < -0.4 is 10.6 Å². The highest BCUT2D eigenvalue weighted by Crippen LogP contribution is 2.14. The molecule has 0 spiro atoms. The molecule has 0 bridgehead atoms. The Bertz CT molecular complexity index is 397. The molecule has 0 aliphatic rings. The van der Waals surface area contributed by atoms with Crippen LogP contribution in [0, 0.1) is 0 Å². The maximum atomic E-state index is 11.6. The van der Waals surface area contributed by atoms with Crippen LogP contribution in [0.5, 0.6) is 0 Å². The fourth-order valence-electron chi connectivity index (χ4n) is 1.49. The molecule has 5 heteroatoms. The molecule has 0 atom stereocenters. The molecule has 0 unspecified atom stereocenters. The van der Waals surface area contributed by atoms with Gasteiger partial charge in [0.25, 0.3) is 0 Å². The number of hydrogen-bond donors (Lipinski definition) is 2. The van der Waals surface area contributed by atoms with Gasteiger partial charge in [0.1, 0.15) is 6.61 Å². The van der Waals surface area contributed by atoms with E-state index in [0.717, 1.165) is 13.0 Å². The van der Waals surface area contributed by atoms with E-state index in [1.54, 1.807) is 24.3 Å². The summed E-state index contributed by atoms with van der Waals surface area (Å²) in [5.41, 5.74) is 0.683. The van der Waals surface area contributed by atoms with E-state index in [1.807, 2.05) is 0 Å². The maximum absolute atomic E-state index is 11.6. The molecule has 0 saturated carbocycles. The second-order valence-corrected chi connectivity index (χ2v) is 5.01. The van der Waals surface area contributed by atoms with Gasteiger partial charge in [-0.05, 0) is 31.2 Å². The minimum Gasteiger partial charge on any atom is -0.372 e. The molecule has 0 heterocycles. The lowest BCUT2D eigenvalue weighted by molar-refractivity contribution is -0.120. The van der Waals surface area contributed by atoms with E-state index < -0.39 is 0 Å². The number of halogens is 1. The second-order valence-electron chi connectivity index (χ2n) is 4.57. The lowest BCUT2D eigenvalue weighted by atomic mass is 10.3. The van der Waals surface area contributed by atoms with Crippen molar-refractivity contribution in [2.45, 2.75) is 26.3 Å². The molecule has 0 aliphatic heterocycles. The van der Waals surface area contributed by atoms with Gasteiger partial charge < -0.3 is 15.4 Å². The molecule has 0 aromatic heterocycles. The average molecular weight is 285 g/mol. The lowest BCUT2D eigenvalue weighted by Gasteiger charge is -2.08. The number of ether oxygens (including phenoxy) is 1. The Hall–Kier alpha value is -1.10. The van der Waals surface area contributed by atoms with E-state index in [0.29, 0.717) is 23.4 Å². The molecule has 0 aliphatic carbocycles. The van der Waals surface area contributed by atoms with Gasteiger partial charge in [-0.15, -0.1) is 0 Å². The number of rotatable bonds is 8. The summed E-state index contributed by atoms with van der Waals surface area (Å²) in [6, 6.07) is 7.51. The second kappa shape index (κ2) is 8.91. The van der Waals surface area contributed by atoms with Crippen molar-refractivity contribution >= 4 is 23.2 Å².